The number of hydrogen-bond donors (Lipinski definition) is 1. The van der Waals surface area contributed by atoms with Gasteiger partial charge in [-0.25, -0.2) is 4.99 Å². The van der Waals surface area contributed by atoms with Crippen molar-refractivity contribution in [3.63, 3.8) is 0 Å². The van der Waals surface area contributed by atoms with Gasteiger partial charge in [0, 0.05) is 23.9 Å². The number of aliphatic imine (C=N–C) groups is 1. The number of amides is 2. The van der Waals surface area contributed by atoms with Gasteiger partial charge < -0.3 is 14.7 Å². The quantitative estimate of drug-likeness (QED) is 0.352. The third-order valence-electron chi connectivity index (χ3n) is 6.22. The summed E-state index contributed by atoms with van der Waals surface area (Å²) < 4.78 is 5.19. The Bertz CT molecular complexity index is 1550. The lowest BCUT2D eigenvalue weighted by Crippen LogP contribution is -2.32. The van der Waals surface area contributed by atoms with E-state index in [1.807, 2.05) is 60.7 Å². The molecule has 38 heavy (non-hydrogen) atoms. The molecule has 1 heterocycles. The number of rotatable bonds is 6. The van der Waals surface area contributed by atoms with Crippen LogP contribution in [0.2, 0.25) is 0 Å². The lowest BCUT2D eigenvalue weighted by atomic mass is 10.1. The van der Waals surface area contributed by atoms with E-state index < -0.39 is 0 Å². The van der Waals surface area contributed by atoms with E-state index in [0.717, 1.165) is 11.3 Å². The first-order valence-corrected chi connectivity index (χ1v) is 12.0. The van der Waals surface area contributed by atoms with Crippen LogP contribution in [0.25, 0.3) is 6.08 Å². The Labute approximate surface area is 220 Å². The third-order valence-corrected chi connectivity index (χ3v) is 6.22. The van der Waals surface area contributed by atoms with E-state index in [0.29, 0.717) is 28.4 Å². The molecule has 0 fully saturated rings. The normalized spacial score (nSPS) is 13.9. The predicted molar refractivity (Wildman–Crippen MR) is 149 cm³/mol. The summed E-state index contributed by atoms with van der Waals surface area (Å²) in [4.78, 5) is 34.4. The molecule has 0 saturated carbocycles. The van der Waals surface area contributed by atoms with Crippen molar-refractivity contribution in [1.29, 1.82) is 0 Å². The molecule has 1 aliphatic rings. The van der Waals surface area contributed by atoms with Gasteiger partial charge in [0.2, 0.25) is 0 Å². The van der Waals surface area contributed by atoms with Crippen molar-refractivity contribution in [2.24, 2.45) is 4.99 Å². The lowest BCUT2D eigenvalue weighted by Gasteiger charge is -2.20. The minimum Gasteiger partial charge on any atom is -0.504 e. The smallest absolute Gasteiger partial charge is 0.282 e. The summed E-state index contributed by atoms with van der Waals surface area (Å²) in [7, 11) is 3.19. The number of benzene rings is 4. The summed E-state index contributed by atoms with van der Waals surface area (Å²) in [6.07, 6.45) is 1.65. The Kier molecular flexibility index (Phi) is 6.74. The maximum absolute atomic E-state index is 13.6. The van der Waals surface area contributed by atoms with Gasteiger partial charge in [-0.15, -0.1) is 0 Å². The minimum atomic E-state index is -0.309. The van der Waals surface area contributed by atoms with Crippen LogP contribution in [0.15, 0.2) is 114 Å². The second kappa shape index (κ2) is 10.4. The van der Waals surface area contributed by atoms with Crippen LogP contribution in [0.5, 0.6) is 11.5 Å². The van der Waals surface area contributed by atoms with E-state index in [1.54, 1.807) is 54.4 Å². The zero-order valence-corrected chi connectivity index (χ0v) is 20.9. The Morgan fingerprint density at radius 2 is 1.58 bits per heavy atom. The summed E-state index contributed by atoms with van der Waals surface area (Å²) in [6.45, 7) is 0. The molecule has 7 nitrogen and oxygen atoms in total. The van der Waals surface area contributed by atoms with Gasteiger partial charge in [0.15, 0.2) is 11.5 Å². The molecule has 0 radical (unpaired) electrons. The van der Waals surface area contributed by atoms with E-state index in [9.17, 15) is 14.7 Å². The van der Waals surface area contributed by atoms with Crippen molar-refractivity contribution in [1.82, 2.24) is 0 Å². The Balaban J connectivity index is 1.49. The molecule has 0 bridgehead atoms. The second-order valence-electron chi connectivity index (χ2n) is 8.65. The molecule has 0 aromatic heterocycles. The molecular weight excluding hydrogens is 478 g/mol. The molecule has 0 atom stereocenters. The number of aromatic hydroxyl groups is 1. The van der Waals surface area contributed by atoms with Crippen molar-refractivity contribution >= 4 is 35.1 Å². The first-order chi connectivity index (χ1) is 18.5. The average molecular weight is 504 g/mol. The van der Waals surface area contributed by atoms with Crippen LogP contribution in [-0.4, -0.2) is 36.9 Å². The van der Waals surface area contributed by atoms with Gasteiger partial charge in [0.1, 0.15) is 11.5 Å². The molecule has 2 amide bonds. The number of nitrogens with zero attached hydrogens (tertiary/aromatic N) is 3. The van der Waals surface area contributed by atoms with Crippen molar-refractivity contribution in [2.45, 2.75) is 0 Å². The Hall–Kier alpha value is -5.17. The van der Waals surface area contributed by atoms with Crippen molar-refractivity contribution in [3.05, 3.63) is 126 Å². The van der Waals surface area contributed by atoms with Gasteiger partial charge in [0.25, 0.3) is 11.8 Å². The van der Waals surface area contributed by atoms with Crippen LogP contribution in [0, 0.1) is 0 Å². The summed E-state index contributed by atoms with van der Waals surface area (Å²) >= 11 is 0. The summed E-state index contributed by atoms with van der Waals surface area (Å²) in [6, 6.07) is 30.6. The number of carbonyl (C=O) groups excluding carboxylic acids is 2. The molecule has 7 heteroatoms. The highest BCUT2D eigenvalue weighted by Gasteiger charge is 2.32. The lowest BCUT2D eigenvalue weighted by molar-refractivity contribution is -0.113. The monoisotopic (exact) mass is 503 g/mol. The van der Waals surface area contributed by atoms with E-state index in [-0.39, 0.29) is 23.3 Å². The van der Waals surface area contributed by atoms with E-state index >= 15 is 0 Å². The maximum Gasteiger partial charge on any atom is 0.282 e. The molecule has 0 aliphatic carbocycles. The molecule has 1 aliphatic heterocycles. The molecule has 0 saturated heterocycles. The number of para-hydroxylation sites is 1. The van der Waals surface area contributed by atoms with Crippen molar-refractivity contribution < 1.29 is 19.4 Å². The van der Waals surface area contributed by atoms with Gasteiger partial charge in [-0.05, 0) is 60.2 Å². The minimum absolute atomic E-state index is 0.00930. The van der Waals surface area contributed by atoms with E-state index in [1.165, 1.54) is 18.1 Å². The van der Waals surface area contributed by atoms with Crippen LogP contribution < -0.4 is 14.5 Å². The molecular formula is C31H25N3O4. The predicted octanol–water partition coefficient (Wildman–Crippen LogP) is 5.51. The first kappa shape index (κ1) is 24.5. The van der Waals surface area contributed by atoms with Gasteiger partial charge >= 0.3 is 0 Å². The third kappa shape index (κ3) is 4.77. The molecule has 4 aromatic carbocycles. The fraction of sp³-hybridized carbons (Fsp3) is 0.0645. The second-order valence-corrected chi connectivity index (χ2v) is 8.65. The van der Waals surface area contributed by atoms with E-state index in [2.05, 4.69) is 4.99 Å². The number of hydrogen-bond acceptors (Lipinski definition) is 5. The maximum atomic E-state index is 13.6. The van der Waals surface area contributed by atoms with Crippen LogP contribution >= 0.6 is 0 Å². The summed E-state index contributed by atoms with van der Waals surface area (Å²) in [5, 5.41) is 9.91. The van der Waals surface area contributed by atoms with Crippen LogP contribution in [0.3, 0.4) is 0 Å². The SMILES string of the molecule is COc1cc(/C=C2/N=C(c3ccccc3)N(c3ccc(C(=O)N(C)c4ccccc4)cc3)C2=O)ccc1O. The largest absolute Gasteiger partial charge is 0.504 e. The molecule has 188 valence electrons. The highest BCUT2D eigenvalue weighted by molar-refractivity contribution is 6.33. The van der Waals surface area contributed by atoms with Gasteiger partial charge in [0.05, 0.1) is 12.8 Å². The first-order valence-electron chi connectivity index (χ1n) is 12.0. The zero-order chi connectivity index (χ0) is 26.6. The molecule has 5 rings (SSSR count). The Morgan fingerprint density at radius 1 is 0.921 bits per heavy atom. The van der Waals surface area contributed by atoms with Crippen LogP contribution in [0.1, 0.15) is 21.5 Å². The number of anilines is 2. The summed E-state index contributed by atoms with van der Waals surface area (Å²) in [5.41, 5.74) is 3.54. The van der Waals surface area contributed by atoms with Crippen molar-refractivity contribution in [3.8, 4) is 11.5 Å². The standard InChI is InChI=1S/C31H25N3O4/c1-33(24-11-7-4-8-12-24)30(36)23-14-16-25(17-15-23)34-29(22-9-5-3-6-10-22)32-26(31(34)37)19-21-13-18-27(35)28(20-21)38-2/h3-20,35H,1-2H3/b26-19+. The average Bonchev–Trinajstić information content (AvgIpc) is 3.29. The summed E-state index contributed by atoms with van der Waals surface area (Å²) in [5.74, 6) is 0.323. The number of carbonyl (C=O) groups is 2. The number of phenolic OH excluding ortho intramolecular Hbond substituents is 1. The molecule has 1 N–H and O–H groups in total. The highest BCUT2D eigenvalue weighted by atomic mass is 16.5. The molecule has 0 unspecified atom stereocenters. The number of amidine groups is 1. The van der Waals surface area contributed by atoms with E-state index in [4.69, 9.17) is 4.74 Å². The Morgan fingerprint density at radius 3 is 2.24 bits per heavy atom. The highest BCUT2D eigenvalue weighted by Crippen LogP contribution is 2.31. The fourth-order valence-corrected chi connectivity index (χ4v) is 4.19. The molecule has 0 spiro atoms. The van der Waals surface area contributed by atoms with Crippen molar-refractivity contribution in [2.75, 3.05) is 24.0 Å². The van der Waals surface area contributed by atoms with Gasteiger partial charge in [-0.2, -0.15) is 0 Å². The number of ether oxygens (including phenoxy) is 1. The van der Waals surface area contributed by atoms with Crippen LogP contribution in [-0.2, 0) is 4.79 Å². The topological polar surface area (TPSA) is 82.4 Å². The van der Waals surface area contributed by atoms with Gasteiger partial charge in [-0.1, -0.05) is 54.6 Å². The fourth-order valence-electron chi connectivity index (χ4n) is 4.19. The molecule has 4 aromatic rings. The van der Waals surface area contributed by atoms with Crippen LogP contribution in [0.4, 0.5) is 11.4 Å². The number of methoxy groups -OCH3 is 1. The zero-order valence-electron chi connectivity index (χ0n) is 20.9. The number of phenols is 1. The van der Waals surface area contributed by atoms with Gasteiger partial charge in [-0.3, -0.25) is 14.5 Å².